The number of hydrogen-bond acceptors (Lipinski definition) is 10. The average molecular weight is 579 g/mol. The smallest absolute Gasteiger partial charge is 0.343 e. The minimum absolute atomic E-state index is 0.0734. The number of amides is 1. The third-order valence-electron chi connectivity index (χ3n) is 6.84. The van der Waals surface area contributed by atoms with Gasteiger partial charge in [0.25, 0.3) is 5.91 Å². The molecular formula is C32H30N6O5. The number of nitrogen functional groups attached to an aromatic ring is 2. The molecule has 1 amide bonds. The molecule has 11 heteroatoms. The van der Waals surface area contributed by atoms with Gasteiger partial charge in [-0.1, -0.05) is 54.6 Å². The summed E-state index contributed by atoms with van der Waals surface area (Å²) in [6, 6.07) is 20.7. The van der Waals surface area contributed by atoms with Crippen molar-refractivity contribution in [3.63, 3.8) is 0 Å². The van der Waals surface area contributed by atoms with Crippen LogP contribution in [0.15, 0.2) is 84.1 Å². The Hall–Kier alpha value is -5.71. The fraction of sp³-hybridized carbons (Fsp3) is 0.156. The number of aromatic nitrogens is 2. The molecule has 4 N–H and O–H groups in total. The molecule has 4 aromatic rings. The number of anilines is 2. The van der Waals surface area contributed by atoms with Gasteiger partial charge in [0, 0.05) is 35.4 Å². The lowest BCUT2D eigenvalue weighted by Crippen LogP contribution is -2.33. The van der Waals surface area contributed by atoms with Crippen LogP contribution in [0.25, 0.3) is 6.08 Å². The molecule has 2 heterocycles. The first kappa shape index (κ1) is 28.8. The van der Waals surface area contributed by atoms with Crippen LogP contribution in [-0.4, -0.2) is 53.9 Å². The summed E-state index contributed by atoms with van der Waals surface area (Å²) in [6.07, 6.45) is 6.58. The Morgan fingerprint density at radius 2 is 1.79 bits per heavy atom. The maximum atomic E-state index is 13.7. The number of esters is 1. The van der Waals surface area contributed by atoms with Gasteiger partial charge in [0.1, 0.15) is 11.9 Å². The molecule has 1 atom stereocenters. The summed E-state index contributed by atoms with van der Waals surface area (Å²) in [5.41, 5.74) is 16.4. The molecule has 1 aliphatic rings. The maximum Gasteiger partial charge on any atom is 0.343 e. The average Bonchev–Trinajstić information content (AvgIpc) is 3.03. The number of carbonyl (C=O) groups excluding carboxylic acids is 2. The lowest BCUT2D eigenvalue weighted by atomic mass is 9.93. The van der Waals surface area contributed by atoms with Gasteiger partial charge in [-0.15, -0.1) is 0 Å². The quantitative estimate of drug-likeness (QED) is 0.223. The van der Waals surface area contributed by atoms with E-state index in [-0.39, 0.29) is 30.0 Å². The van der Waals surface area contributed by atoms with Crippen molar-refractivity contribution < 1.29 is 23.8 Å². The monoisotopic (exact) mass is 578 g/mol. The van der Waals surface area contributed by atoms with Crippen LogP contribution in [-0.2, 0) is 20.7 Å². The van der Waals surface area contributed by atoms with Crippen molar-refractivity contribution in [2.24, 2.45) is 5.10 Å². The van der Waals surface area contributed by atoms with E-state index in [9.17, 15) is 9.59 Å². The minimum atomic E-state index is -0.573. The number of benzene rings is 3. The molecule has 0 bridgehead atoms. The Morgan fingerprint density at radius 1 is 1.02 bits per heavy atom. The summed E-state index contributed by atoms with van der Waals surface area (Å²) in [5, 5.41) is 5.95. The van der Waals surface area contributed by atoms with Gasteiger partial charge in [0.15, 0.2) is 18.1 Å². The number of carbonyl (C=O) groups is 2. The van der Waals surface area contributed by atoms with E-state index < -0.39 is 12.0 Å². The van der Waals surface area contributed by atoms with E-state index >= 15 is 0 Å². The van der Waals surface area contributed by atoms with Crippen LogP contribution in [0.2, 0.25) is 0 Å². The minimum Gasteiger partial charge on any atom is -0.493 e. The predicted molar refractivity (Wildman–Crippen MR) is 162 cm³/mol. The van der Waals surface area contributed by atoms with Crippen molar-refractivity contribution in [1.82, 2.24) is 15.0 Å². The van der Waals surface area contributed by atoms with Gasteiger partial charge in [-0.2, -0.15) is 10.1 Å². The van der Waals surface area contributed by atoms with Crippen LogP contribution in [0.5, 0.6) is 11.5 Å². The van der Waals surface area contributed by atoms with E-state index in [1.165, 1.54) is 25.3 Å². The molecule has 43 heavy (non-hydrogen) atoms. The number of rotatable bonds is 9. The molecule has 0 saturated heterocycles. The van der Waals surface area contributed by atoms with Crippen molar-refractivity contribution >= 4 is 35.9 Å². The molecule has 218 valence electrons. The molecule has 0 aliphatic carbocycles. The SMILES string of the molecule is COC(=O)COc1c(/C=C/C(=O)N2N=Cc3ccccc3C2c2ccccc2)cc(Cc2cnc(N)nc2N)cc1OC. The second-order valence-electron chi connectivity index (χ2n) is 9.60. The summed E-state index contributed by atoms with van der Waals surface area (Å²) < 4.78 is 16.1. The number of nitrogens with two attached hydrogens (primary N) is 2. The van der Waals surface area contributed by atoms with E-state index in [1.807, 2.05) is 54.6 Å². The molecule has 1 unspecified atom stereocenters. The topological polar surface area (TPSA) is 155 Å². The summed E-state index contributed by atoms with van der Waals surface area (Å²) in [7, 11) is 2.75. The Labute approximate surface area is 248 Å². The Balaban J connectivity index is 1.51. The molecule has 0 saturated carbocycles. The van der Waals surface area contributed by atoms with E-state index in [0.29, 0.717) is 23.3 Å². The van der Waals surface area contributed by atoms with Gasteiger partial charge < -0.3 is 25.7 Å². The number of hydrazone groups is 1. The summed E-state index contributed by atoms with van der Waals surface area (Å²) in [4.78, 5) is 33.7. The van der Waals surface area contributed by atoms with Gasteiger partial charge in [-0.25, -0.2) is 14.8 Å². The van der Waals surface area contributed by atoms with Crippen molar-refractivity contribution in [2.45, 2.75) is 12.5 Å². The fourth-order valence-electron chi connectivity index (χ4n) is 4.77. The molecule has 0 fully saturated rings. The van der Waals surface area contributed by atoms with Gasteiger partial charge in [0.05, 0.1) is 20.4 Å². The predicted octanol–water partition coefficient (Wildman–Crippen LogP) is 3.77. The molecular weight excluding hydrogens is 548 g/mol. The Kier molecular flexibility index (Phi) is 8.61. The first-order chi connectivity index (χ1) is 20.9. The number of hydrogen-bond donors (Lipinski definition) is 2. The Bertz CT molecular complexity index is 1710. The van der Waals surface area contributed by atoms with Crippen LogP contribution in [0, 0.1) is 0 Å². The normalized spacial score (nSPS) is 13.9. The van der Waals surface area contributed by atoms with E-state index in [4.69, 9.17) is 25.7 Å². The van der Waals surface area contributed by atoms with Gasteiger partial charge in [-0.3, -0.25) is 4.79 Å². The summed E-state index contributed by atoms with van der Waals surface area (Å²) in [5.74, 6) is -0.0100. The number of ether oxygens (including phenoxy) is 3. The second-order valence-corrected chi connectivity index (χ2v) is 9.60. The number of fused-ring (bicyclic) bond motifs is 1. The molecule has 3 aromatic carbocycles. The highest BCUT2D eigenvalue weighted by molar-refractivity contribution is 5.95. The van der Waals surface area contributed by atoms with E-state index in [0.717, 1.165) is 22.3 Å². The third-order valence-corrected chi connectivity index (χ3v) is 6.84. The Morgan fingerprint density at radius 3 is 2.53 bits per heavy atom. The third kappa shape index (κ3) is 6.46. The van der Waals surface area contributed by atoms with Crippen molar-refractivity contribution in [1.29, 1.82) is 0 Å². The highest BCUT2D eigenvalue weighted by Crippen LogP contribution is 2.36. The highest BCUT2D eigenvalue weighted by Gasteiger charge is 2.30. The summed E-state index contributed by atoms with van der Waals surface area (Å²) >= 11 is 0. The fourth-order valence-corrected chi connectivity index (χ4v) is 4.77. The molecule has 0 radical (unpaired) electrons. The van der Waals surface area contributed by atoms with Crippen molar-refractivity contribution in [2.75, 3.05) is 32.3 Å². The lowest BCUT2D eigenvalue weighted by molar-refractivity contribution is -0.143. The molecule has 5 rings (SSSR count). The highest BCUT2D eigenvalue weighted by atomic mass is 16.6. The van der Waals surface area contributed by atoms with Crippen LogP contribution in [0.3, 0.4) is 0 Å². The molecule has 11 nitrogen and oxygen atoms in total. The lowest BCUT2D eigenvalue weighted by Gasteiger charge is -2.31. The van der Waals surface area contributed by atoms with E-state index in [1.54, 1.807) is 30.6 Å². The zero-order valence-corrected chi connectivity index (χ0v) is 23.6. The van der Waals surface area contributed by atoms with Gasteiger partial charge in [-0.05, 0) is 34.9 Å². The first-order valence-electron chi connectivity index (χ1n) is 13.3. The van der Waals surface area contributed by atoms with Gasteiger partial charge in [0.2, 0.25) is 5.95 Å². The van der Waals surface area contributed by atoms with Crippen LogP contribution in [0.4, 0.5) is 11.8 Å². The zero-order chi connectivity index (χ0) is 30.3. The number of methoxy groups -OCH3 is 2. The van der Waals surface area contributed by atoms with Crippen molar-refractivity contribution in [3.8, 4) is 11.5 Å². The first-order valence-corrected chi connectivity index (χ1v) is 13.3. The van der Waals surface area contributed by atoms with E-state index in [2.05, 4.69) is 15.1 Å². The van der Waals surface area contributed by atoms with Crippen LogP contribution < -0.4 is 20.9 Å². The van der Waals surface area contributed by atoms with Crippen LogP contribution >= 0.6 is 0 Å². The van der Waals surface area contributed by atoms with Gasteiger partial charge >= 0.3 is 5.97 Å². The standard InChI is InChI=1S/C32H30N6O5/c1-41-26-16-20(15-24-17-35-32(34)37-31(24)33)14-22(30(26)43-19-28(40)42-2)12-13-27(39)38-29(21-8-4-3-5-9-21)25-11-7-6-10-23(25)18-36-38/h3-14,16-18,29H,15,19H2,1-2H3,(H4,33,34,35,37)/b13-12+. The van der Waals surface area contributed by atoms with Crippen LogP contribution in [0.1, 0.15) is 39.4 Å². The molecule has 1 aliphatic heterocycles. The van der Waals surface area contributed by atoms with Crippen molar-refractivity contribution in [3.05, 3.63) is 112 Å². The molecule has 0 spiro atoms. The molecule has 1 aromatic heterocycles. The zero-order valence-electron chi connectivity index (χ0n) is 23.6. The maximum absolute atomic E-state index is 13.7. The summed E-state index contributed by atoms with van der Waals surface area (Å²) in [6.45, 7) is -0.358. The largest absolute Gasteiger partial charge is 0.493 e. The number of nitrogens with zero attached hydrogens (tertiary/aromatic N) is 4. The second kappa shape index (κ2) is 12.9.